The van der Waals surface area contributed by atoms with Gasteiger partial charge in [-0.05, 0) is 30.3 Å². The third-order valence-electron chi connectivity index (χ3n) is 2.99. The minimum Gasteiger partial charge on any atom is -0.353 e. The third-order valence-corrected chi connectivity index (χ3v) is 2.99. The minimum atomic E-state index is 0.542. The lowest BCUT2D eigenvalue weighted by Crippen LogP contribution is -1.82. The van der Waals surface area contributed by atoms with Crippen LogP contribution in [0.4, 0.5) is 0 Å². The van der Waals surface area contributed by atoms with Crippen molar-refractivity contribution in [2.45, 2.75) is 0 Å². The molecular formula is C15H8N4. The molecule has 0 aliphatic carbocycles. The van der Waals surface area contributed by atoms with Crippen LogP contribution in [0.25, 0.3) is 22.2 Å². The van der Waals surface area contributed by atoms with E-state index in [9.17, 15) is 5.26 Å². The van der Waals surface area contributed by atoms with Crippen molar-refractivity contribution in [3.8, 4) is 23.4 Å². The molecule has 1 aromatic carbocycles. The van der Waals surface area contributed by atoms with Crippen LogP contribution in [-0.4, -0.2) is 9.97 Å². The highest BCUT2D eigenvalue weighted by Gasteiger charge is 2.13. The fraction of sp³-hybridized carbons (Fsp3) is 0. The molecule has 0 bridgehead atoms. The van der Waals surface area contributed by atoms with Gasteiger partial charge < -0.3 is 4.98 Å². The molecule has 0 aliphatic heterocycles. The Morgan fingerprint density at radius 3 is 2.68 bits per heavy atom. The van der Waals surface area contributed by atoms with Gasteiger partial charge in [0.2, 0.25) is 0 Å². The smallest absolute Gasteiger partial charge is 0.102 e. The molecule has 0 amide bonds. The van der Waals surface area contributed by atoms with Crippen LogP contribution in [0.5, 0.6) is 0 Å². The SMILES string of the molecule is N#Cc1ccc2[nH]c(-c3cccnc3)c(C#N)c2c1. The van der Waals surface area contributed by atoms with E-state index in [1.165, 1.54) is 0 Å². The number of hydrogen-bond acceptors (Lipinski definition) is 3. The standard InChI is InChI=1S/C15H8N4/c16-7-10-3-4-14-12(6-10)13(8-17)15(19-14)11-2-1-5-18-9-11/h1-6,9,19H. The molecule has 3 aromatic rings. The molecule has 0 unspecified atom stereocenters. The summed E-state index contributed by atoms with van der Waals surface area (Å²) in [6, 6.07) is 13.3. The van der Waals surface area contributed by atoms with Crippen molar-refractivity contribution in [3.05, 3.63) is 53.9 Å². The highest BCUT2D eigenvalue weighted by atomic mass is 14.7. The average Bonchev–Trinajstić information content (AvgIpc) is 2.85. The zero-order chi connectivity index (χ0) is 13.2. The Morgan fingerprint density at radius 2 is 2.00 bits per heavy atom. The molecule has 3 rings (SSSR count). The number of nitrogens with one attached hydrogen (secondary N) is 1. The van der Waals surface area contributed by atoms with Gasteiger partial charge in [-0.15, -0.1) is 0 Å². The van der Waals surface area contributed by atoms with Crippen LogP contribution >= 0.6 is 0 Å². The summed E-state index contributed by atoms with van der Waals surface area (Å²) >= 11 is 0. The van der Waals surface area contributed by atoms with Gasteiger partial charge in [0.05, 0.1) is 22.9 Å². The Labute approximate surface area is 109 Å². The Morgan fingerprint density at radius 1 is 1.11 bits per heavy atom. The summed E-state index contributed by atoms with van der Waals surface area (Å²) in [5.74, 6) is 0. The summed E-state index contributed by atoms with van der Waals surface area (Å²) in [7, 11) is 0. The number of aromatic nitrogens is 2. The third kappa shape index (κ3) is 1.72. The molecule has 0 fully saturated rings. The van der Waals surface area contributed by atoms with Crippen molar-refractivity contribution in [3.63, 3.8) is 0 Å². The van der Waals surface area contributed by atoms with Gasteiger partial charge in [-0.25, -0.2) is 0 Å². The zero-order valence-electron chi connectivity index (χ0n) is 9.88. The fourth-order valence-electron chi connectivity index (χ4n) is 2.10. The van der Waals surface area contributed by atoms with Gasteiger partial charge in [-0.1, -0.05) is 0 Å². The first kappa shape index (κ1) is 11.0. The maximum Gasteiger partial charge on any atom is 0.102 e. The number of fused-ring (bicyclic) bond motifs is 1. The van der Waals surface area contributed by atoms with Gasteiger partial charge in [0.1, 0.15) is 6.07 Å². The van der Waals surface area contributed by atoms with Crippen molar-refractivity contribution >= 4 is 10.9 Å². The minimum absolute atomic E-state index is 0.542. The van der Waals surface area contributed by atoms with E-state index >= 15 is 0 Å². The van der Waals surface area contributed by atoms with E-state index in [0.717, 1.165) is 22.2 Å². The molecular weight excluding hydrogens is 236 g/mol. The highest BCUT2D eigenvalue weighted by Crippen LogP contribution is 2.29. The Kier molecular flexibility index (Phi) is 2.48. The van der Waals surface area contributed by atoms with E-state index in [0.29, 0.717) is 11.1 Å². The van der Waals surface area contributed by atoms with Crippen LogP contribution in [0, 0.1) is 22.7 Å². The lowest BCUT2D eigenvalue weighted by Gasteiger charge is -1.96. The lowest BCUT2D eigenvalue weighted by atomic mass is 10.1. The summed E-state index contributed by atoms with van der Waals surface area (Å²) in [5.41, 5.74) is 3.52. The van der Waals surface area contributed by atoms with Gasteiger partial charge in [0.15, 0.2) is 0 Å². The highest BCUT2D eigenvalue weighted by molar-refractivity contribution is 5.94. The molecule has 88 valence electrons. The van der Waals surface area contributed by atoms with E-state index in [-0.39, 0.29) is 0 Å². The number of benzene rings is 1. The molecule has 19 heavy (non-hydrogen) atoms. The maximum atomic E-state index is 9.36. The Bertz CT molecular complexity index is 832. The number of H-pyrrole nitrogens is 1. The molecule has 0 radical (unpaired) electrons. The van der Waals surface area contributed by atoms with Gasteiger partial charge in [-0.2, -0.15) is 10.5 Å². The molecule has 2 aromatic heterocycles. The van der Waals surface area contributed by atoms with E-state index in [1.807, 2.05) is 18.2 Å². The number of aromatic amines is 1. The monoisotopic (exact) mass is 244 g/mol. The fourth-order valence-corrected chi connectivity index (χ4v) is 2.10. The van der Waals surface area contributed by atoms with Crippen LogP contribution in [0.15, 0.2) is 42.7 Å². The number of nitrogens with zero attached hydrogens (tertiary/aromatic N) is 3. The Balaban J connectivity index is 2.34. The largest absolute Gasteiger partial charge is 0.353 e. The van der Waals surface area contributed by atoms with E-state index < -0.39 is 0 Å². The van der Waals surface area contributed by atoms with Crippen LogP contribution in [0.2, 0.25) is 0 Å². The second-order valence-electron chi connectivity index (χ2n) is 4.10. The predicted molar refractivity (Wildman–Crippen MR) is 71.0 cm³/mol. The second kappa shape index (κ2) is 4.29. The number of hydrogen-bond donors (Lipinski definition) is 1. The van der Waals surface area contributed by atoms with Crippen LogP contribution < -0.4 is 0 Å². The molecule has 0 atom stereocenters. The maximum absolute atomic E-state index is 9.36. The number of rotatable bonds is 1. The average molecular weight is 244 g/mol. The van der Waals surface area contributed by atoms with Crippen molar-refractivity contribution < 1.29 is 0 Å². The quantitative estimate of drug-likeness (QED) is 0.714. The molecule has 4 heteroatoms. The van der Waals surface area contributed by atoms with E-state index in [4.69, 9.17) is 5.26 Å². The summed E-state index contributed by atoms with van der Waals surface area (Å²) in [6.07, 6.45) is 3.39. The second-order valence-corrected chi connectivity index (χ2v) is 4.10. The van der Waals surface area contributed by atoms with Crippen molar-refractivity contribution in [1.82, 2.24) is 9.97 Å². The summed E-state index contributed by atoms with van der Waals surface area (Å²) in [5, 5.41) is 19.1. The molecule has 2 heterocycles. The first-order valence-corrected chi connectivity index (χ1v) is 5.70. The van der Waals surface area contributed by atoms with E-state index in [1.54, 1.807) is 24.5 Å². The molecule has 0 saturated carbocycles. The Hall–Kier alpha value is -3.11. The van der Waals surface area contributed by atoms with Gasteiger partial charge in [0, 0.05) is 28.9 Å². The normalized spacial score (nSPS) is 10.0. The van der Waals surface area contributed by atoms with E-state index in [2.05, 4.69) is 22.1 Å². The summed E-state index contributed by atoms with van der Waals surface area (Å²) in [4.78, 5) is 7.27. The first-order valence-electron chi connectivity index (χ1n) is 5.70. The van der Waals surface area contributed by atoms with Crippen molar-refractivity contribution in [2.24, 2.45) is 0 Å². The van der Waals surface area contributed by atoms with Crippen LogP contribution in [0.1, 0.15) is 11.1 Å². The zero-order valence-corrected chi connectivity index (χ0v) is 9.88. The topological polar surface area (TPSA) is 76.3 Å². The van der Waals surface area contributed by atoms with Crippen LogP contribution in [-0.2, 0) is 0 Å². The van der Waals surface area contributed by atoms with Crippen LogP contribution in [0.3, 0.4) is 0 Å². The van der Waals surface area contributed by atoms with Crippen molar-refractivity contribution in [1.29, 1.82) is 10.5 Å². The number of nitriles is 2. The molecule has 4 nitrogen and oxygen atoms in total. The molecule has 0 spiro atoms. The number of pyridine rings is 1. The van der Waals surface area contributed by atoms with Crippen molar-refractivity contribution in [2.75, 3.05) is 0 Å². The predicted octanol–water partition coefficient (Wildman–Crippen LogP) is 2.97. The molecule has 0 saturated heterocycles. The summed E-state index contributed by atoms with van der Waals surface area (Å²) in [6.45, 7) is 0. The lowest BCUT2D eigenvalue weighted by molar-refractivity contribution is 1.31. The first-order chi connectivity index (χ1) is 9.33. The van der Waals surface area contributed by atoms with Gasteiger partial charge in [0.25, 0.3) is 0 Å². The molecule has 1 N–H and O–H groups in total. The van der Waals surface area contributed by atoms with Gasteiger partial charge >= 0.3 is 0 Å². The molecule has 0 aliphatic rings. The van der Waals surface area contributed by atoms with Gasteiger partial charge in [-0.3, -0.25) is 4.98 Å². The summed E-state index contributed by atoms with van der Waals surface area (Å²) < 4.78 is 0.